The molecule has 12 aromatic rings. The van der Waals surface area contributed by atoms with Crippen LogP contribution in [0.1, 0.15) is 22.3 Å². The van der Waals surface area contributed by atoms with Gasteiger partial charge in [0.05, 0.1) is 5.41 Å². The summed E-state index contributed by atoms with van der Waals surface area (Å²) < 4.78 is 0. The molecular formula is C71H49N. The second kappa shape index (κ2) is 18.2. The molecule has 0 radical (unpaired) electrons. The van der Waals surface area contributed by atoms with Crippen molar-refractivity contribution in [2.45, 2.75) is 5.41 Å². The van der Waals surface area contributed by atoms with Crippen LogP contribution in [0.3, 0.4) is 0 Å². The smallest absolute Gasteiger partial charge is 0.0714 e. The van der Waals surface area contributed by atoms with Crippen LogP contribution in [0.15, 0.2) is 297 Å². The van der Waals surface area contributed by atoms with Gasteiger partial charge in [0.25, 0.3) is 0 Å². The van der Waals surface area contributed by atoms with Crippen molar-refractivity contribution < 1.29 is 0 Å². The van der Waals surface area contributed by atoms with Gasteiger partial charge in [-0.2, -0.15) is 0 Å². The Kier molecular flexibility index (Phi) is 10.8. The summed E-state index contributed by atoms with van der Waals surface area (Å²) in [4.78, 5) is 2.43. The summed E-state index contributed by atoms with van der Waals surface area (Å²) in [5.41, 5.74) is 22.2. The topological polar surface area (TPSA) is 3.24 Å². The van der Waals surface area contributed by atoms with Crippen LogP contribution in [0, 0.1) is 0 Å². The summed E-state index contributed by atoms with van der Waals surface area (Å²) in [6, 6.07) is 109. The van der Waals surface area contributed by atoms with Gasteiger partial charge in [0.15, 0.2) is 0 Å². The molecule has 1 aliphatic carbocycles. The molecule has 0 atom stereocenters. The number of anilines is 3. The van der Waals surface area contributed by atoms with Crippen molar-refractivity contribution in [1.29, 1.82) is 0 Å². The second-order valence-corrected chi connectivity index (χ2v) is 18.9. The lowest BCUT2D eigenvalue weighted by Gasteiger charge is -2.35. The molecule has 1 heteroatoms. The molecule has 0 aliphatic heterocycles. The van der Waals surface area contributed by atoms with Crippen molar-refractivity contribution >= 4 is 27.8 Å². The number of hydrogen-bond donors (Lipinski definition) is 0. The average Bonchev–Trinajstić information content (AvgIpc) is 3.76. The Labute approximate surface area is 422 Å². The van der Waals surface area contributed by atoms with Gasteiger partial charge in [-0.1, -0.05) is 249 Å². The number of nitrogens with zero attached hydrogens (tertiary/aromatic N) is 1. The quantitative estimate of drug-likeness (QED) is 0.132. The number of rotatable bonds is 10. The van der Waals surface area contributed by atoms with E-state index in [0.717, 1.165) is 17.1 Å². The van der Waals surface area contributed by atoms with Gasteiger partial charge >= 0.3 is 0 Å². The van der Waals surface area contributed by atoms with Crippen LogP contribution in [-0.4, -0.2) is 0 Å². The Morgan fingerprint density at radius 3 is 1.00 bits per heavy atom. The van der Waals surface area contributed by atoms with Gasteiger partial charge in [-0.3, -0.25) is 0 Å². The predicted molar refractivity (Wildman–Crippen MR) is 303 cm³/mol. The van der Waals surface area contributed by atoms with Crippen LogP contribution < -0.4 is 4.90 Å². The molecular weight excluding hydrogens is 867 g/mol. The maximum absolute atomic E-state index is 2.47. The Morgan fingerprint density at radius 1 is 0.208 bits per heavy atom. The van der Waals surface area contributed by atoms with Gasteiger partial charge in [0, 0.05) is 17.1 Å². The maximum Gasteiger partial charge on any atom is 0.0714 e. The van der Waals surface area contributed by atoms with E-state index in [-0.39, 0.29) is 0 Å². The molecule has 1 nitrogen and oxygen atoms in total. The normalized spacial score (nSPS) is 12.3. The highest BCUT2D eigenvalue weighted by molar-refractivity contribution is 5.93. The van der Waals surface area contributed by atoms with Crippen molar-refractivity contribution in [3.8, 4) is 66.8 Å². The highest BCUT2D eigenvalue weighted by Gasteiger charge is 2.46. The molecule has 0 fully saturated rings. The molecule has 12 aromatic carbocycles. The fourth-order valence-electron chi connectivity index (χ4n) is 11.2. The van der Waals surface area contributed by atoms with Crippen molar-refractivity contribution in [2.24, 2.45) is 0 Å². The van der Waals surface area contributed by atoms with E-state index in [1.165, 1.54) is 99.8 Å². The molecule has 338 valence electrons. The molecule has 0 heterocycles. The van der Waals surface area contributed by atoms with E-state index in [1.807, 2.05) is 0 Å². The first kappa shape index (κ1) is 42.8. The van der Waals surface area contributed by atoms with Crippen molar-refractivity contribution in [3.63, 3.8) is 0 Å². The van der Waals surface area contributed by atoms with Crippen LogP contribution >= 0.6 is 0 Å². The third kappa shape index (κ3) is 7.60. The SMILES string of the molecule is c1ccc(-c2ccc(-c3ccc(N(c4ccc(-c5ccc(-c6ccccc6)cc5)cc4)c4ccc5c(c4)C(c4ccccc4)(c4ccccc4)c4cc(-c6ccc7ccccc7c6)ccc4-5)cc3)cc2)cc1. The third-order valence-corrected chi connectivity index (χ3v) is 14.8. The molecule has 0 spiro atoms. The number of benzene rings is 12. The van der Waals surface area contributed by atoms with Gasteiger partial charge in [-0.05, 0) is 148 Å². The molecule has 0 aromatic heterocycles. The highest BCUT2D eigenvalue weighted by Crippen LogP contribution is 2.58. The standard InChI is InChI=1S/C71H49N/c1-5-15-50(16-6-1)53-25-29-55(30-26-53)57-35-40-64(41-36-57)72(65-42-37-58(38-43-65)56-31-27-54(28-32-56)51-17-7-2-8-18-51)66-44-46-68-67-45-39-61(60-34-33-52-19-13-14-20-59(52)47-60)48-69(67)71(70(68)49-66,62-21-9-3-10-22-62)63-23-11-4-12-24-63/h1-49H. The lowest BCUT2D eigenvalue weighted by Crippen LogP contribution is -2.28. The highest BCUT2D eigenvalue weighted by atomic mass is 15.1. The van der Waals surface area contributed by atoms with Crippen LogP contribution in [0.5, 0.6) is 0 Å². The van der Waals surface area contributed by atoms with Gasteiger partial charge in [-0.25, -0.2) is 0 Å². The van der Waals surface area contributed by atoms with Crippen molar-refractivity contribution in [2.75, 3.05) is 4.90 Å². The van der Waals surface area contributed by atoms with Gasteiger partial charge in [0.1, 0.15) is 0 Å². The summed E-state index contributed by atoms with van der Waals surface area (Å²) in [6.07, 6.45) is 0. The van der Waals surface area contributed by atoms with Crippen LogP contribution in [0.4, 0.5) is 17.1 Å². The van der Waals surface area contributed by atoms with Crippen LogP contribution in [-0.2, 0) is 5.41 Å². The Morgan fingerprint density at radius 2 is 0.528 bits per heavy atom. The molecule has 0 amide bonds. The second-order valence-electron chi connectivity index (χ2n) is 18.9. The minimum absolute atomic E-state index is 0.604. The average molecular weight is 916 g/mol. The van der Waals surface area contributed by atoms with Crippen LogP contribution in [0.2, 0.25) is 0 Å². The molecule has 72 heavy (non-hydrogen) atoms. The minimum Gasteiger partial charge on any atom is -0.310 e. The summed E-state index contributed by atoms with van der Waals surface area (Å²) in [5, 5.41) is 2.48. The Balaban J connectivity index is 0.955. The molecule has 0 saturated carbocycles. The van der Waals surface area contributed by atoms with Crippen LogP contribution in [0.25, 0.3) is 77.5 Å². The Hall–Kier alpha value is -9.30. The van der Waals surface area contributed by atoms with E-state index < -0.39 is 5.41 Å². The molecule has 1 aliphatic rings. The zero-order valence-corrected chi connectivity index (χ0v) is 39.7. The molecule has 0 unspecified atom stereocenters. The monoisotopic (exact) mass is 915 g/mol. The van der Waals surface area contributed by atoms with E-state index in [2.05, 4.69) is 302 Å². The van der Waals surface area contributed by atoms with E-state index in [0.29, 0.717) is 0 Å². The zero-order chi connectivity index (χ0) is 47.8. The summed E-state index contributed by atoms with van der Waals surface area (Å²) >= 11 is 0. The van der Waals surface area contributed by atoms with Gasteiger partial charge in [-0.15, -0.1) is 0 Å². The third-order valence-electron chi connectivity index (χ3n) is 14.8. The number of fused-ring (bicyclic) bond motifs is 4. The van der Waals surface area contributed by atoms with Gasteiger partial charge < -0.3 is 4.90 Å². The molecule has 0 bridgehead atoms. The fraction of sp³-hybridized carbons (Fsp3) is 0.0141. The molecule has 0 saturated heterocycles. The maximum atomic E-state index is 2.47. The van der Waals surface area contributed by atoms with Gasteiger partial charge in [0.2, 0.25) is 0 Å². The lowest BCUT2D eigenvalue weighted by atomic mass is 9.67. The van der Waals surface area contributed by atoms with Crippen molar-refractivity contribution in [1.82, 2.24) is 0 Å². The molecule has 13 rings (SSSR count). The van der Waals surface area contributed by atoms with E-state index >= 15 is 0 Å². The fourth-order valence-corrected chi connectivity index (χ4v) is 11.2. The summed E-state index contributed by atoms with van der Waals surface area (Å²) in [7, 11) is 0. The zero-order valence-electron chi connectivity index (χ0n) is 39.7. The first-order valence-corrected chi connectivity index (χ1v) is 24.9. The molecule has 0 N–H and O–H groups in total. The van der Waals surface area contributed by atoms with E-state index in [1.54, 1.807) is 0 Å². The van der Waals surface area contributed by atoms with Crippen molar-refractivity contribution in [3.05, 3.63) is 320 Å². The number of hydrogen-bond acceptors (Lipinski definition) is 1. The first-order chi connectivity index (χ1) is 35.7. The minimum atomic E-state index is -0.604. The summed E-state index contributed by atoms with van der Waals surface area (Å²) in [6.45, 7) is 0. The summed E-state index contributed by atoms with van der Waals surface area (Å²) in [5.74, 6) is 0. The predicted octanol–water partition coefficient (Wildman–Crippen LogP) is 19.0. The van der Waals surface area contributed by atoms with E-state index in [9.17, 15) is 0 Å². The lowest BCUT2D eigenvalue weighted by molar-refractivity contribution is 0.768. The largest absolute Gasteiger partial charge is 0.310 e. The Bertz CT molecular complexity index is 3680. The van der Waals surface area contributed by atoms with E-state index in [4.69, 9.17) is 0 Å². The first-order valence-electron chi connectivity index (χ1n) is 24.9.